The number of carbonyl (C=O) groups is 1. The molecule has 0 spiro atoms. The summed E-state index contributed by atoms with van der Waals surface area (Å²) in [7, 11) is 0. The van der Waals surface area contributed by atoms with Crippen LogP contribution in [-0.4, -0.2) is 27.7 Å². The number of alkyl halides is 1. The second-order valence-corrected chi connectivity index (χ2v) is 4.39. The molecule has 0 N–H and O–H groups in total. The first-order chi connectivity index (χ1) is 6.70. The van der Waals surface area contributed by atoms with Crippen LogP contribution >= 0.6 is 23.1 Å². The van der Waals surface area contributed by atoms with Gasteiger partial charge in [-0.15, -0.1) is 11.6 Å². The van der Waals surface area contributed by atoms with Crippen LogP contribution in [0.15, 0.2) is 0 Å². The van der Waals surface area contributed by atoms with Gasteiger partial charge in [0.15, 0.2) is 0 Å². The third kappa shape index (κ3) is 1.74. The van der Waals surface area contributed by atoms with Crippen LogP contribution in [0, 0.1) is 12.8 Å². The van der Waals surface area contributed by atoms with Crippen LogP contribution in [0.2, 0.25) is 0 Å². The van der Waals surface area contributed by atoms with Crippen molar-refractivity contribution in [3.05, 3.63) is 5.82 Å². The lowest BCUT2D eigenvalue weighted by Gasteiger charge is -2.10. The van der Waals surface area contributed by atoms with Gasteiger partial charge in [0.1, 0.15) is 5.82 Å². The summed E-state index contributed by atoms with van der Waals surface area (Å²) < 4.78 is 4.05. The van der Waals surface area contributed by atoms with E-state index in [0.717, 1.165) is 0 Å². The van der Waals surface area contributed by atoms with E-state index in [0.29, 0.717) is 29.8 Å². The molecule has 0 aliphatic carbocycles. The van der Waals surface area contributed by atoms with Gasteiger partial charge >= 0.3 is 0 Å². The fourth-order valence-electron chi connectivity index (χ4n) is 1.47. The van der Waals surface area contributed by atoms with E-state index in [2.05, 4.69) is 9.36 Å². The molecule has 0 aromatic carbocycles. The molecule has 2 heterocycles. The summed E-state index contributed by atoms with van der Waals surface area (Å²) in [5.74, 6) is 1.60. The van der Waals surface area contributed by atoms with Gasteiger partial charge in [-0.3, -0.25) is 9.69 Å². The minimum atomic E-state index is 0.104. The normalized spacial score (nSPS) is 22.0. The first-order valence-electron chi connectivity index (χ1n) is 4.37. The standard InChI is InChI=1S/C8H10ClN3OS/c1-5-10-8(14-11-5)12-4-6(3-9)2-7(12)13/h6H,2-4H2,1H3. The Kier molecular flexibility index (Phi) is 2.69. The Morgan fingerprint density at radius 1 is 1.71 bits per heavy atom. The van der Waals surface area contributed by atoms with Gasteiger partial charge in [0, 0.05) is 30.4 Å². The van der Waals surface area contributed by atoms with E-state index in [1.54, 1.807) is 4.90 Å². The number of hydrogen-bond donors (Lipinski definition) is 0. The fourth-order valence-corrected chi connectivity index (χ4v) is 2.37. The maximum atomic E-state index is 11.6. The van der Waals surface area contributed by atoms with Crippen LogP contribution in [-0.2, 0) is 4.79 Å². The topological polar surface area (TPSA) is 46.1 Å². The summed E-state index contributed by atoms with van der Waals surface area (Å²) in [5, 5.41) is 0.695. The van der Waals surface area contributed by atoms with Gasteiger partial charge in [0.05, 0.1) is 0 Å². The van der Waals surface area contributed by atoms with Gasteiger partial charge in [-0.2, -0.15) is 4.37 Å². The van der Waals surface area contributed by atoms with Crippen LogP contribution in [0.1, 0.15) is 12.2 Å². The molecule has 0 radical (unpaired) electrons. The molecule has 1 aromatic rings. The van der Waals surface area contributed by atoms with Gasteiger partial charge in [-0.25, -0.2) is 4.98 Å². The zero-order chi connectivity index (χ0) is 10.1. The Balaban J connectivity index is 2.16. The summed E-state index contributed by atoms with van der Waals surface area (Å²) >= 11 is 6.98. The van der Waals surface area contributed by atoms with Crippen molar-refractivity contribution in [3.8, 4) is 0 Å². The van der Waals surface area contributed by atoms with E-state index in [4.69, 9.17) is 11.6 Å². The summed E-state index contributed by atoms with van der Waals surface area (Å²) in [6.07, 6.45) is 0.530. The number of nitrogens with zero attached hydrogens (tertiary/aromatic N) is 3. The molecule has 1 unspecified atom stereocenters. The van der Waals surface area contributed by atoms with Crippen LogP contribution in [0.25, 0.3) is 0 Å². The second kappa shape index (κ2) is 3.82. The summed E-state index contributed by atoms with van der Waals surface area (Å²) in [4.78, 5) is 17.4. The second-order valence-electron chi connectivity index (χ2n) is 3.35. The summed E-state index contributed by atoms with van der Waals surface area (Å²) in [6.45, 7) is 2.50. The SMILES string of the molecule is Cc1nsc(N2CC(CCl)CC2=O)n1. The van der Waals surface area contributed by atoms with E-state index < -0.39 is 0 Å². The molecule has 1 fully saturated rings. The van der Waals surface area contributed by atoms with Crippen LogP contribution in [0.5, 0.6) is 0 Å². The van der Waals surface area contributed by atoms with Crippen molar-refractivity contribution in [2.24, 2.45) is 5.92 Å². The lowest BCUT2D eigenvalue weighted by atomic mass is 10.2. The van der Waals surface area contributed by atoms with Gasteiger partial charge in [-0.1, -0.05) is 0 Å². The molecular formula is C8H10ClN3OS. The number of rotatable bonds is 2. The molecule has 0 saturated carbocycles. The highest BCUT2D eigenvalue weighted by molar-refractivity contribution is 7.09. The Labute approximate surface area is 91.1 Å². The van der Waals surface area contributed by atoms with Crippen molar-refractivity contribution in [2.75, 3.05) is 17.3 Å². The van der Waals surface area contributed by atoms with E-state index >= 15 is 0 Å². The number of amides is 1. The Bertz CT molecular complexity index is 354. The smallest absolute Gasteiger partial charge is 0.229 e. The number of anilines is 1. The molecule has 1 saturated heterocycles. The molecule has 1 aromatic heterocycles. The number of aromatic nitrogens is 2. The number of carbonyl (C=O) groups excluding carboxylic acids is 1. The first-order valence-corrected chi connectivity index (χ1v) is 5.68. The third-order valence-electron chi connectivity index (χ3n) is 2.17. The molecule has 76 valence electrons. The van der Waals surface area contributed by atoms with E-state index in [9.17, 15) is 4.79 Å². The van der Waals surface area contributed by atoms with Crippen molar-refractivity contribution in [2.45, 2.75) is 13.3 Å². The third-order valence-corrected chi connectivity index (χ3v) is 3.44. The van der Waals surface area contributed by atoms with E-state index in [-0.39, 0.29) is 11.8 Å². The van der Waals surface area contributed by atoms with E-state index in [1.165, 1.54) is 11.5 Å². The lowest BCUT2D eigenvalue weighted by Crippen LogP contribution is -2.24. The molecule has 4 nitrogen and oxygen atoms in total. The highest BCUT2D eigenvalue weighted by atomic mass is 35.5. The Hall–Kier alpha value is -0.680. The molecule has 0 bridgehead atoms. The number of halogens is 1. The highest BCUT2D eigenvalue weighted by Gasteiger charge is 2.31. The maximum absolute atomic E-state index is 11.6. The monoisotopic (exact) mass is 231 g/mol. The average Bonchev–Trinajstić information content (AvgIpc) is 2.71. The predicted octanol–water partition coefficient (Wildman–Crippen LogP) is 1.44. The van der Waals surface area contributed by atoms with Crippen LogP contribution in [0.3, 0.4) is 0 Å². The molecule has 2 rings (SSSR count). The zero-order valence-corrected chi connectivity index (χ0v) is 9.31. The highest BCUT2D eigenvalue weighted by Crippen LogP contribution is 2.26. The fraction of sp³-hybridized carbons (Fsp3) is 0.625. The molecule has 1 aliphatic heterocycles. The quantitative estimate of drug-likeness (QED) is 0.724. The minimum Gasteiger partial charge on any atom is -0.287 e. The lowest BCUT2D eigenvalue weighted by molar-refractivity contribution is -0.117. The predicted molar refractivity (Wildman–Crippen MR) is 55.8 cm³/mol. The molecule has 14 heavy (non-hydrogen) atoms. The van der Waals surface area contributed by atoms with Crippen LogP contribution in [0.4, 0.5) is 5.13 Å². The number of hydrogen-bond acceptors (Lipinski definition) is 4. The van der Waals surface area contributed by atoms with Gasteiger partial charge in [0.25, 0.3) is 0 Å². The summed E-state index contributed by atoms with van der Waals surface area (Å²) in [6, 6.07) is 0. The number of aryl methyl sites for hydroxylation is 1. The first kappa shape index (κ1) is 9.86. The van der Waals surface area contributed by atoms with Crippen molar-refractivity contribution < 1.29 is 4.79 Å². The molecule has 6 heteroatoms. The largest absolute Gasteiger partial charge is 0.287 e. The van der Waals surface area contributed by atoms with E-state index in [1.807, 2.05) is 6.92 Å². The van der Waals surface area contributed by atoms with Crippen molar-refractivity contribution in [3.63, 3.8) is 0 Å². The Morgan fingerprint density at radius 3 is 3.00 bits per heavy atom. The van der Waals surface area contributed by atoms with Crippen molar-refractivity contribution >= 4 is 34.2 Å². The minimum absolute atomic E-state index is 0.104. The molecule has 1 atom stereocenters. The van der Waals surface area contributed by atoms with Crippen molar-refractivity contribution in [1.82, 2.24) is 9.36 Å². The Morgan fingerprint density at radius 2 is 2.50 bits per heavy atom. The van der Waals surface area contributed by atoms with Crippen molar-refractivity contribution in [1.29, 1.82) is 0 Å². The maximum Gasteiger partial charge on any atom is 0.229 e. The van der Waals surface area contributed by atoms with Gasteiger partial charge in [-0.05, 0) is 12.8 Å². The van der Waals surface area contributed by atoms with Gasteiger partial charge in [0.2, 0.25) is 11.0 Å². The molecular weight excluding hydrogens is 222 g/mol. The molecule has 1 amide bonds. The van der Waals surface area contributed by atoms with Gasteiger partial charge < -0.3 is 0 Å². The average molecular weight is 232 g/mol. The zero-order valence-electron chi connectivity index (χ0n) is 7.73. The van der Waals surface area contributed by atoms with Crippen LogP contribution < -0.4 is 4.90 Å². The summed E-state index contributed by atoms with van der Waals surface area (Å²) in [5.41, 5.74) is 0. The molecule has 1 aliphatic rings.